The van der Waals surface area contributed by atoms with Gasteiger partial charge in [-0.3, -0.25) is 4.79 Å². The van der Waals surface area contributed by atoms with Gasteiger partial charge in [-0.05, 0) is 60.1 Å². The molecule has 0 radical (unpaired) electrons. The van der Waals surface area contributed by atoms with E-state index in [2.05, 4.69) is 12.1 Å². The molecule has 0 saturated heterocycles. The van der Waals surface area contributed by atoms with Crippen molar-refractivity contribution in [3.05, 3.63) is 107 Å². The molecule has 0 aromatic heterocycles. The highest BCUT2D eigenvalue weighted by molar-refractivity contribution is 5.89. The maximum atomic E-state index is 12.4. The van der Waals surface area contributed by atoms with Gasteiger partial charge in [0.15, 0.2) is 0 Å². The average Bonchev–Trinajstić information content (AvgIpc) is 2.90. The standard InChI is InChI=1S/C29H32O6/c1-34-28(32)25-15-12-21(13-16-25)10-11-22-8-5-9-23(18-22)14-17-27(31)26(19-30)29(33)35-20-24-6-3-2-4-7-24/h2-9,12-13,15-16,18,26-27,30-31H,10-11,14,17,19-20H2,1H3. The highest BCUT2D eigenvalue weighted by atomic mass is 16.5. The van der Waals surface area contributed by atoms with Crippen LogP contribution in [-0.2, 0) is 40.1 Å². The fraction of sp³-hybridized carbons (Fsp3) is 0.310. The number of rotatable bonds is 12. The SMILES string of the molecule is COC(=O)c1ccc(CCc2cccc(CCC(O)C(CO)C(=O)OCc3ccccc3)c2)cc1. The van der Waals surface area contributed by atoms with Crippen LogP contribution in [0.5, 0.6) is 0 Å². The van der Waals surface area contributed by atoms with Gasteiger partial charge in [0.2, 0.25) is 0 Å². The van der Waals surface area contributed by atoms with Gasteiger partial charge in [0.25, 0.3) is 0 Å². The van der Waals surface area contributed by atoms with Gasteiger partial charge >= 0.3 is 11.9 Å². The summed E-state index contributed by atoms with van der Waals surface area (Å²) in [5.41, 5.74) is 4.72. The van der Waals surface area contributed by atoms with E-state index in [1.165, 1.54) is 7.11 Å². The Morgan fingerprint density at radius 1 is 0.800 bits per heavy atom. The van der Waals surface area contributed by atoms with Crippen LogP contribution in [0.4, 0.5) is 0 Å². The Kier molecular flexibility index (Phi) is 10.0. The Labute approximate surface area is 206 Å². The predicted octanol–water partition coefficient (Wildman–Crippen LogP) is 3.90. The van der Waals surface area contributed by atoms with E-state index in [0.29, 0.717) is 18.4 Å². The summed E-state index contributed by atoms with van der Waals surface area (Å²) in [4.78, 5) is 23.9. The molecule has 3 aromatic carbocycles. The fourth-order valence-corrected chi connectivity index (χ4v) is 3.86. The summed E-state index contributed by atoms with van der Waals surface area (Å²) < 4.78 is 10.0. The zero-order chi connectivity index (χ0) is 25.0. The van der Waals surface area contributed by atoms with E-state index in [4.69, 9.17) is 9.47 Å². The molecule has 0 amide bonds. The lowest BCUT2D eigenvalue weighted by Crippen LogP contribution is -2.33. The van der Waals surface area contributed by atoms with E-state index in [-0.39, 0.29) is 12.6 Å². The van der Waals surface area contributed by atoms with E-state index < -0.39 is 24.6 Å². The largest absolute Gasteiger partial charge is 0.465 e. The van der Waals surface area contributed by atoms with Crippen LogP contribution in [0.15, 0.2) is 78.9 Å². The molecule has 0 fully saturated rings. The second-order valence-electron chi connectivity index (χ2n) is 8.50. The molecule has 0 bridgehead atoms. The molecule has 0 saturated carbocycles. The molecule has 0 spiro atoms. The molecule has 0 aliphatic rings. The molecule has 3 aromatic rings. The number of aliphatic hydroxyl groups excluding tert-OH is 2. The first-order valence-electron chi connectivity index (χ1n) is 11.7. The van der Waals surface area contributed by atoms with Crippen molar-refractivity contribution in [1.29, 1.82) is 0 Å². The third-order valence-corrected chi connectivity index (χ3v) is 5.99. The normalized spacial score (nSPS) is 12.5. The van der Waals surface area contributed by atoms with Crippen LogP contribution in [-0.4, -0.2) is 42.0 Å². The molecule has 2 atom stereocenters. The van der Waals surface area contributed by atoms with Crippen molar-refractivity contribution in [1.82, 2.24) is 0 Å². The van der Waals surface area contributed by atoms with Gasteiger partial charge in [-0.1, -0.05) is 66.7 Å². The van der Waals surface area contributed by atoms with Crippen LogP contribution in [0, 0.1) is 5.92 Å². The summed E-state index contributed by atoms with van der Waals surface area (Å²) in [6.45, 7) is -0.361. The van der Waals surface area contributed by atoms with Crippen LogP contribution >= 0.6 is 0 Å². The number of benzene rings is 3. The second-order valence-corrected chi connectivity index (χ2v) is 8.50. The average molecular weight is 477 g/mol. The summed E-state index contributed by atoms with van der Waals surface area (Å²) in [6.07, 6.45) is 1.57. The van der Waals surface area contributed by atoms with Crippen LogP contribution in [0.1, 0.15) is 39.0 Å². The van der Waals surface area contributed by atoms with E-state index in [9.17, 15) is 19.8 Å². The molecule has 6 nitrogen and oxygen atoms in total. The van der Waals surface area contributed by atoms with Crippen LogP contribution in [0.25, 0.3) is 0 Å². The van der Waals surface area contributed by atoms with Crippen molar-refractivity contribution in [3.63, 3.8) is 0 Å². The van der Waals surface area contributed by atoms with E-state index in [1.54, 1.807) is 12.1 Å². The lowest BCUT2D eigenvalue weighted by Gasteiger charge is -2.20. The van der Waals surface area contributed by atoms with Gasteiger partial charge < -0.3 is 19.7 Å². The Hall–Kier alpha value is -3.48. The minimum Gasteiger partial charge on any atom is -0.465 e. The molecule has 3 rings (SSSR count). The fourth-order valence-electron chi connectivity index (χ4n) is 3.86. The summed E-state index contributed by atoms with van der Waals surface area (Å²) in [7, 11) is 1.36. The number of methoxy groups -OCH3 is 1. The summed E-state index contributed by atoms with van der Waals surface area (Å²) in [5, 5.41) is 20.2. The summed E-state index contributed by atoms with van der Waals surface area (Å²) >= 11 is 0. The van der Waals surface area contributed by atoms with E-state index in [1.807, 2.05) is 54.6 Å². The van der Waals surface area contributed by atoms with Crippen molar-refractivity contribution < 1.29 is 29.3 Å². The molecule has 35 heavy (non-hydrogen) atoms. The number of aliphatic hydroxyl groups is 2. The van der Waals surface area contributed by atoms with Gasteiger partial charge in [-0.2, -0.15) is 0 Å². The minimum atomic E-state index is -1.000. The molecular weight excluding hydrogens is 444 g/mol. The van der Waals surface area contributed by atoms with Crippen molar-refractivity contribution in [2.24, 2.45) is 5.92 Å². The second kappa shape index (κ2) is 13.4. The first-order valence-corrected chi connectivity index (χ1v) is 11.7. The van der Waals surface area contributed by atoms with Crippen LogP contribution in [0.3, 0.4) is 0 Å². The number of carbonyl (C=O) groups is 2. The van der Waals surface area contributed by atoms with Gasteiger partial charge in [0.1, 0.15) is 12.5 Å². The number of esters is 2. The molecule has 0 aliphatic carbocycles. The van der Waals surface area contributed by atoms with Crippen molar-refractivity contribution in [2.45, 2.75) is 38.4 Å². The number of hydrogen-bond donors (Lipinski definition) is 2. The number of aryl methyl sites for hydroxylation is 3. The highest BCUT2D eigenvalue weighted by Gasteiger charge is 2.27. The molecule has 6 heteroatoms. The third-order valence-electron chi connectivity index (χ3n) is 5.99. The molecule has 2 N–H and O–H groups in total. The topological polar surface area (TPSA) is 93.1 Å². The summed E-state index contributed by atoms with van der Waals surface area (Å²) in [6, 6.07) is 24.8. The monoisotopic (exact) mass is 476 g/mol. The summed E-state index contributed by atoms with van der Waals surface area (Å²) in [5.74, 6) is -1.93. The minimum absolute atomic E-state index is 0.107. The first-order chi connectivity index (χ1) is 17.0. The number of ether oxygens (including phenoxy) is 2. The molecular formula is C29H32O6. The molecule has 0 heterocycles. The van der Waals surface area contributed by atoms with Crippen molar-refractivity contribution in [3.8, 4) is 0 Å². The Balaban J connectivity index is 1.49. The smallest absolute Gasteiger partial charge is 0.337 e. The molecule has 2 unspecified atom stereocenters. The maximum Gasteiger partial charge on any atom is 0.337 e. The van der Waals surface area contributed by atoms with Gasteiger partial charge in [0.05, 0.1) is 25.4 Å². The first kappa shape index (κ1) is 26.1. The molecule has 184 valence electrons. The highest BCUT2D eigenvalue weighted by Crippen LogP contribution is 2.17. The van der Waals surface area contributed by atoms with E-state index in [0.717, 1.165) is 35.1 Å². The maximum absolute atomic E-state index is 12.4. The number of carbonyl (C=O) groups excluding carboxylic acids is 2. The van der Waals surface area contributed by atoms with Crippen LogP contribution in [0.2, 0.25) is 0 Å². The van der Waals surface area contributed by atoms with Gasteiger partial charge in [-0.25, -0.2) is 4.79 Å². The third kappa shape index (κ3) is 8.05. The van der Waals surface area contributed by atoms with Gasteiger partial charge in [-0.15, -0.1) is 0 Å². The van der Waals surface area contributed by atoms with Gasteiger partial charge in [0, 0.05) is 0 Å². The van der Waals surface area contributed by atoms with Crippen molar-refractivity contribution in [2.75, 3.05) is 13.7 Å². The Morgan fingerprint density at radius 3 is 2.09 bits per heavy atom. The van der Waals surface area contributed by atoms with Crippen molar-refractivity contribution >= 4 is 11.9 Å². The molecule has 0 aliphatic heterocycles. The lowest BCUT2D eigenvalue weighted by molar-refractivity contribution is -0.156. The zero-order valence-corrected chi connectivity index (χ0v) is 19.9. The lowest BCUT2D eigenvalue weighted by atomic mass is 9.95. The Morgan fingerprint density at radius 2 is 1.43 bits per heavy atom. The number of hydrogen-bond acceptors (Lipinski definition) is 6. The predicted molar refractivity (Wildman–Crippen MR) is 133 cm³/mol. The Bertz CT molecular complexity index is 1080. The quantitative estimate of drug-likeness (QED) is 0.385. The van der Waals surface area contributed by atoms with Crippen LogP contribution < -0.4 is 0 Å². The zero-order valence-electron chi connectivity index (χ0n) is 19.9. The van der Waals surface area contributed by atoms with E-state index >= 15 is 0 Å².